The SMILES string of the molecule is O=c1c(Br)cncn1CCNc1ccccc1Cl. The van der Waals surface area contributed by atoms with Crippen molar-refractivity contribution in [2.45, 2.75) is 6.54 Å². The number of anilines is 1. The molecule has 94 valence electrons. The average Bonchev–Trinajstić information content (AvgIpc) is 2.37. The minimum Gasteiger partial charge on any atom is -0.382 e. The van der Waals surface area contributed by atoms with Crippen LogP contribution in [0, 0.1) is 0 Å². The molecule has 0 aliphatic carbocycles. The smallest absolute Gasteiger partial charge is 0.267 e. The van der Waals surface area contributed by atoms with Crippen LogP contribution in [0.1, 0.15) is 0 Å². The highest BCUT2D eigenvalue weighted by Gasteiger charge is 2.01. The van der Waals surface area contributed by atoms with Gasteiger partial charge in [-0.1, -0.05) is 23.7 Å². The molecule has 1 heterocycles. The molecule has 0 saturated carbocycles. The van der Waals surface area contributed by atoms with Gasteiger partial charge in [0, 0.05) is 19.3 Å². The van der Waals surface area contributed by atoms with Crippen LogP contribution in [0.2, 0.25) is 5.02 Å². The van der Waals surface area contributed by atoms with Crippen LogP contribution < -0.4 is 10.9 Å². The Morgan fingerprint density at radius 3 is 2.94 bits per heavy atom. The first-order valence-corrected chi connectivity index (χ1v) is 6.54. The standard InChI is InChI=1S/C12H11BrClN3O/c13-9-7-15-8-17(12(9)18)6-5-16-11-4-2-1-3-10(11)14/h1-4,7-8,16H,5-6H2. The molecule has 0 bridgehead atoms. The summed E-state index contributed by atoms with van der Waals surface area (Å²) in [7, 11) is 0. The first-order valence-electron chi connectivity index (χ1n) is 5.37. The second kappa shape index (κ2) is 6.02. The van der Waals surface area contributed by atoms with Crippen LogP contribution in [0.5, 0.6) is 0 Å². The van der Waals surface area contributed by atoms with Crippen LogP contribution >= 0.6 is 27.5 Å². The summed E-state index contributed by atoms with van der Waals surface area (Å²) in [6.45, 7) is 1.12. The van der Waals surface area contributed by atoms with E-state index in [9.17, 15) is 4.79 Å². The van der Waals surface area contributed by atoms with Crippen molar-refractivity contribution in [3.05, 3.63) is 56.6 Å². The quantitative estimate of drug-likeness (QED) is 0.939. The second-order valence-electron chi connectivity index (χ2n) is 3.65. The Morgan fingerprint density at radius 2 is 2.17 bits per heavy atom. The average molecular weight is 329 g/mol. The summed E-state index contributed by atoms with van der Waals surface area (Å²) in [5.41, 5.74) is 0.765. The van der Waals surface area contributed by atoms with Gasteiger partial charge in [0.1, 0.15) is 4.47 Å². The lowest BCUT2D eigenvalue weighted by molar-refractivity contribution is 0.676. The highest BCUT2D eigenvalue weighted by atomic mass is 79.9. The van der Waals surface area contributed by atoms with E-state index in [1.165, 1.54) is 17.1 Å². The monoisotopic (exact) mass is 327 g/mol. The zero-order valence-electron chi connectivity index (χ0n) is 9.44. The number of aromatic nitrogens is 2. The van der Waals surface area contributed by atoms with Crippen LogP contribution in [0.25, 0.3) is 0 Å². The number of nitrogens with one attached hydrogen (secondary N) is 1. The van der Waals surface area contributed by atoms with Crippen LogP contribution in [-0.2, 0) is 6.54 Å². The summed E-state index contributed by atoms with van der Waals surface area (Å²) in [6, 6.07) is 7.48. The van der Waals surface area contributed by atoms with E-state index in [-0.39, 0.29) is 5.56 Å². The molecule has 6 heteroatoms. The first kappa shape index (κ1) is 13.1. The molecule has 0 unspecified atom stereocenters. The van der Waals surface area contributed by atoms with Crippen LogP contribution in [0.3, 0.4) is 0 Å². The van der Waals surface area contributed by atoms with Crippen molar-refractivity contribution in [3.8, 4) is 0 Å². The third-order valence-corrected chi connectivity index (χ3v) is 3.27. The Morgan fingerprint density at radius 1 is 1.39 bits per heavy atom. The van der Waals surface area contributed by atoms with Gasteiger partial charge < -0.3 is 5.32 Å². The Kier molecular flexibility index (Phi) is 4.38. The third kappa shape index (κ3) is 3.11. The number of benzene rings is 1. The Bertz CT molecular complexity index is 600. The Labute approximate surface area is 118 Å². The molecule has 0 saturated heterocycles. The highest BCUT2D eigenvalue weighted by Crippen LogP contribution is 2.19. The first-order chi connectivity index (χ1) is 8.68. The minimum atomic E-state index is -0.0917. The van der Waals surface area contributed by atoms with Crippen molar-refractivity contribution in [2.24, 2.45) is 0 Å². The lowest BCUT2D eigenvalue weighted by Crippen LogP contribution is -2.24. The van der Waals surface area contributed by atoms with E-state index in [1.54, 1.807) is 0 Å². The summed E-state index contributed by atoms with van der Waals surface area (Å²) in [6.07, 6.45) is 3.00. The molecule has 18 heavy (non-hydrogen) atoms. The lowest BCUT2D eigenvalue weighted by Gasteiger charge is -2.09. The number of halogens is 2. The molecule has 0 aliphatic rings. The summed E-state index contributed by atoms with van der Waals surface area (Å²) < 4.78 is 2.00. The van der Waals surface area contributed by atoms with Gasteiger partial charge in [0.2, 0.25) is 0 Å². The van der Waals surface area contributed by atoms with Gasteiger partial charge in [-0.3, -0.25) is 9.36 Å². The van der Waals surface area contributed by atoms with Gasteiger partial charge in [-0.2, -0.15) is 0 Å². The van der Waals surface area contributed by atoms with Crippen molar-refractivity contribution in [2.75, 3.05) is 11.9 Å². The summed E-state index contributed by atoms with van der Waals surface area (Å²) in [5, 5.41) is 3.84. The number of nitrogens with zero attached hydrogens (tertiary/aromatic N) is 2. The van der Waals surface area contributed by atoms with Crippen molar-refractivity contribution >= 4 is 33.2 Å². The number of rotatable bonds is 4. The fourth-order valence-corrected chi connectivity index (χ4v) is 2.05. The molecule has 1 N–H and O–H groups in total. The van der Waals surface area contributed by atoms with Crippen LogP contribution in [0.4, 0.5) is 5.69 Å². The maximum Gasteiger partial charge on any atom is 0.267 e. The molecule has 2 rings (SSSR count). The van der Waals surface area contributed by atoms with Crippen molar-refractivity contribution in [1.29, 1.82) is 0 Å². The molecular formula is C12H11BrClN3O. The van der Waals surface area contributed by atoms with Crippen molar-refractivity contribution in [3.63, 3.8) is 0 Å². The van der Waals surface area contributed by atoms with Gasteiger partial charge in [0.15, 0.2) is 0 Å². The summed E-state index contributed by atoms with van der Waals surface area (Å²) in [5.74, 6) is 0. The maximum absolute atomic E-state index is 11.7. The van der Waals surface area contributed by atoms with E-state index in [1.807, 2.05) is 24.3 Å². The molecular weight excluding hydrogens is 318 g/mol. The molecule has 1 aromatic heterocycles. The zero-order valence-corrected chi connectivity index (χ0v) is 11.8. The molecule has 0 atom stereocenters. The molecule has 0 spiro atoms. The van der Waals surface area contributed by atoms with Crippen LogP contribution in [0.15, 0.2) is 46.1 Å². The summed E-state index contributed by atoms with van der Waals surface area (Å²) in [4.78, 5) is 15.7. The fourth-order valence-electron chi connectivity index (χ4n) is 1.50. The molecule has 0 radical (unpaired) electrons. The van der Waals surface area contributed by atoms with Gasteiger partial charge in [0.05, 0.1) is 17.0 Å². The van der Waals surface area contributed by atoms with Crippen molar-refractivity contribution in [1.82, 2.24) is 9.55 Å². The number of hydrogen-bond donors (Lipinski definition) is 1. The van der Waals surface area contributed by atoms with Gasteiger partial charge in [-0.15, -0.1) is 0 Å². The number of para-hydroxylation sites is 1. The van der Waals surface area contributed by atoms with E-state index in [0.717, 1.165) is 5.69 Å². The molecule has 2 aromatic rings. The van der Waals surface area contributed by atoms with E-state index >= 15 is 0 Å². The molecule has 0 fully saturated rings. The molecule has 1 aromatic carbocycles. The maximum atomic E-state index is 11.7. The Hall–Kier alpha value is -1.33. The second-order valence-corrected chi connectivity index (χ2v) is 4.91. The van der Waals surface area contributed by atoms with E-state index < -0.39 is 0 Å². The topological polar surface area (TPSA) is 46.9 Å². The molecule has 0 amide bonds. The third-order valence-electron chi connectivity index (χ3n) is 2.40. The minimum absolute atomic E-state index is 0.0917. The predicted octanol–water partition coefficient (Wildman–Crippen LogP) is 2.77. The number of hydrogen-bond acceptors (Lipinski definition) is 3. The molecule has 4 nitrogen and oxygen atoms in total. The van der Waals surface area contributed by atoms with Crippen molar-refractivity contribution < 1.29 is 0 Å². The van der Waals surface area contributed by atoms with Crippen LogP contribution in [-0.4, -0.2) is 16.1 Å². The summed E-state index contributed by atoms with van der Waals surface area (Å²) >= 11 is 9.17. The van der Waals surface area contributed by atoms with E-state index in [2.05, 4.69) is 26.2 Å². The Balaban J connectivity index is 1.99. The largest absolute Gasteiger partial charge is 0.382 e. The predicted molar refractivity (Wildman–Crippen MR) is 76.1 cm³/mol. The normalized spacial score (nSPS) is 10.3. The molecule has 0 aliphatic heterocycles. The van der Waals surface area contributed by atoms with Gasteiger partial charge >= 0.3 is 0 Å². The van der Waals surface area contributed by atoms with Gasteiger partial charge in [-0.05, 0) is 28.1 Å². The van der Waals surface area contributed by atoms with E-state index in [0.29, 0.717) is 22.6 Å². The lowest BCUT2D eigenvalue weighted by atomic mass is 10.3. The zero-order chi connectivity index (χ0) is 13.0. The fraction of sp³-hybridized carbons (Fsp3) is 0.167. The van der Waals surface area contributed by atoms with Gasteiger partial charge in [0.25, 0.3) is 5.56 Å². The van der Waals surface area contributed by atoms with Gasteiger partial charge in [-0.25, -0.2) is 4.98 Å². The highest BCUT2D eigenvalue weighted by molar-refractivity contribution is 9.10. The van der Waals surface area contributed by atoms with E-state index in [4.69, 9.17) is 11.6 Å².